The molecule has 3 heterocycles. The van der Waals surface area contributed by atoms with Crippen molar-refractivity contribution in [3.8, 4) is 10.6 Å². The minimum Gasteiger partial charge on any atom is -0.312 e. The van der Waals surface area contributed by atoms with Crippen LogP contribution in [0.25, 0.3) is 10.6 Å². The van der Waals surface area contributed by atoms with E-state index in [4.69, 9.17) is 11.6 Å². The minimum atomic E-state index is -0.363. The molecule has 0 spiro atoms. The Bertz CT molecular complexity index is 919. The van der Waals surface area contributed by atoms with Crippen LogP contribution in [0.5, 0.6) is 0 Å². The Morgan fingerprint density at radius 2 is 2.23 bits per heavy atom. The van der Waals surface area contributed by atoms with E-state index in [2.05, 4.69) is 31.1 Å². The lowest BCUT2D eigenvalue weighted by atomic mass is 10.2. The first-order valence-electron chi connectivity index (χ1n) is 8.22. The van der Waals surface area contributed by atoms with E-state index in [1.807, 2.05) is 18.2 Å². The van der Waals surface area contributed by atoms with Crippen molar-refractivity contribution < 1.29 is 4.79 Å². The van der Waals surface area contributed by atoms with E-state index >= 15 is 0 Å². The molecule has 0 radical (unpaired) electrons. The third-order valence-electron chi connectivity index (χ3n) is 4.09. The number of rotatable bonds is 5. The van der Waals surface area contributed by atoms with Gasteiger partial charge in [0.2, 0.25) is 5.13 Å². The zero-order valence-corrected chi connectivity index (χ0v) is 15.3. The summed E-state index contributed by atoms with van der Waals surface area (Å²) in [6.45, 7) is 1.73. The van der Waals surface area contributed by atoms with E-state index in [1.54, 1.807) is 16.9 Å². The smallest absolute Gasteiger partial charge is 0.279 e. The highest BCUT2D eigenvalue weighted by Gasteiger charge is 2.18. The molecule has 26 heavy (non-hydrogen) atoms. The molecule has 1 atom stereocenters. The van der Waals surface area contributed by atoms with E-state index in [1.165, 1.54) is 11.3 Å². The van der Waals surface area contributed by atoms with Crippen LogP contribution in [-0.2, 0) is 6.54 Å². The third kappa shape index (κ3) is 3.74. The first kappa shape index (κ1) is 17.1. The molecular formula is C16H16ClN7OS. The van der Waals surface area contributed by atoms with Gasteiger partial charge >= 0.3 is 0 Å². The van der Waals surface area contributed by atoms with Crippen LogP contribution in [0.1, 0.15) is 23.3 Å². The Morgan fingerprint density at radius 1 is 1.35 bits per heavy atom. The van der Waals surface area contributed by atoms with Gasteiger partial charge in [-0.2, -0.15) is 0 Å². The number of carbonyl (C=O) groups is 1. The van der Waals surface area contributed by atoms with Crippen LogP contribution in [0.2, 0.25) is 5.02 Å². The van der Waals surface area contributed by atoms with Crippen LogP contribution in [0, 0.1) is 0 Å². The van der Waals surface area contributed by atoms with Crippen molar-refractivity contribution in [3.05, 3.63) is 41.2 Å². The van der Waals surface area contributed by atoms with Gasteiger partial charge in [-0.25, -0.2) is 0 Å². The number of benzene rings is 1. The second kappa shape index (κ2) is 7.48. The molecule has 134 valence electrons. The molecular weight excluding hydrogens is 374 g/mol. The molecule has 0 saturated carbocycles. The molecule has 1 saturated heterocycles. The second-order valence-corrected chi connectivity index (χ2v) is 7.35. The predicted octanol–water partition coefficient (Wildman–Crippen LogP) is 2.45. The van der Waals surface area contributed by atoms with Crippen LogP contribution < -0.4 is 10.6 Å². The van der Waals surface area contributed by atoms with E-state index in [0.717, 1.165) is 24.9 Å². The van der Waals surface area contributed by atoms with Gasteiger partial charge in [0.15, 0.2) is 10.7 Å². The molecule has 0 aliphatic carbocycles. The van der Waals surface area contributed by atoms with Gasteiger partial charge in [-0.3, -0.25) is 14.8 Å². The Hall–Kier alpha value is -2.36. The van der Waals surface area contributed by atoms with Crippen LogP contribution >= 0.6 is 22.9 Å². The fourth-order valence-corrected chi connectivity index (χ4v) is 3.87. The molecule has 3 aromatic rings. The number of amides is 1. The van der Waals surface area contributed by atoms with Gasteiger partial charge < -0.3 is 5.32 Å². The van der Waals surface area contributed by atoms with Gasteiger partial charge in [-0.05, 0) is 25.5 Å². The van der Waals surface area contributed by atoms with Crippen LogP contribution in [0.15, 0.2) is 30.5 Å². The molecule has 1 amide bonds. The standard InChI is InChI=1S/C16H16ClN7OS/c17-12-6-2-1-5-11(12)15-21-22-16(26-15)19-14(25)13-9-24(23-20-13)8-10-4-3-7-18-10/h1-2,5-6,9-10,18H,3-4,7-8H2,(H,19,22,25). The average Bonchev–Trinajstić information content (AvgIpc) is 3.38. The fraction of sp³-hybridized carbons (Fsp3) is 0.312. The molecule has 2 N–H and O–H groups in total. The largest absolute Gasteiger partial charge is 0.312 e. The average molecular weight is 390 g/mol. The number of halogens is 1. The Labute approximate surface area is 158 Å². The van der Waals surface area contributed by atoms with E-state index < -0.39 is 0 Å². The molecule has 2 aromatic heterocycles. The molecule has 1 aromatic carbocycles. The number of aromatic nitrogens is 5. The van der Waals surface area contributed by atoms with Gasteiger partial charge in [0.05, 0.1) is 17.8 Å². The molecule has 8 nitrogen and oxygen atoms in total. The molecule has 1 aliphatic heterocycles. The zero-order chi connectivity index (χ0) is 17.9. The number of hydrogen-bond donors (Lipinski definition) is 2. The monoisotopic (exact) mass is 389 g/mol. The Balaban J connectivity index is 1.42. The van der Waals surface area contributed by atoms with Gasteiger partial charge in [-0.1, -0.05) is 46.4 Å². The highest BCUT2D eigenvalue weighted by atomic mass is 35.5. The number of nitrogens with one attached hydrogen (secondary N) is 2. The van der Waals surface area contributed by atoms with Crippen LogP contribution in [-0.4, -0.2) is 43.7 Å². The molecule has 0 bridgehead atoms. The highest BCUT2D eigenvalue weighted by molar-refractivity contribution is 7.18. The lowest BCUT2D eigenvalue weighted by molar-refractivity contribution is 0.102. The van der Waals surface area contributed by atoms with Crippen molar-refractivity contribution in [2.45, 2.75) is 25.4 Å². The van der Waals surface area contributed by atoms with Crippen LogP contribution in [0.3, 0.4) is 0 Å². The maximum atomic E-state index is 12.3. The van der Waals surface area contributed by atoms with Crippen molar-refractivity contribution in [2.75, 3.05) is 11.9 Å². The summed E-state index contributed by atoms with van der Waals surface area (Å²) in [4.78, 5) is 12.3. The number of anilines is 1. The normalized spacial score (nSPS) is 16.7. The van der Waals surface area contributed by atoms with Crippen molar-refractivity contribution in [2.24, 2.45) is 0 Å². The summed E-state index contributed by atoms with van der Waals surface area (Å²) in [5.74, 6) is -0.363. The summed E-state index contributed by atoms with van der Waals surface area (Å²) in [7, 11) is 0. The SMILES string of the molecule is O=C(Nc1nnc(-c2ccccc2Cl)s1)c1cn(CC2CCCN2)nn1. The molecule has 4 rings (SSSR count). The summed E-state index contributed by atoms with van der Waals surface area (Å²) >= 11 is 7.42. The first-order chi connectivity index (χ1) is 12.7. The molecule has 1 fully saturated rings. The zero-order valence-electron chi connectivity index (χ0n) is 13.7. The molecule has 1 aliphatic rings. The van der Waals surface area contributed by atoms with Gasteiger partial charge in [0.1, 0.15) is 0 Å². The molecule has 10 heteroatoms. The van der Waals surface area contributed by atoms with Crippen molar-refractivity contribution >= 4 is 34.0 Å². The van der Waals surface area contributed by atoms with Gasteiger partial charge in [0.25, 0.3) is 5.91 Å². The third-order valence-corrected chi connectivity index (χ3v) is 5.29. The van der Waals surface area contributed by atoms with Crippen LogP contribution in [0.4, 0.5) is 5.13 Å². The lowest BCUT2D eigenvalue weighted by Crippen LogP contribution is -2.26. The highest BCUT2D eigenvalue weighted by Crippen LogP contribution is 2.31. The van der Waals surface area contributed by atoms with Gasteiger partial charge in [-0.15, -0.1) is 15.3 Å². The van der Waals surface area contributed by atoms with E-state index in [0.29, 0.717) is 27.7 Å². The second-order valence-electron chi connectivity index (χ2n) is 5.97. The summed E-state index contributed by atoms with van der Waals surface area (Å²) in [6, 6.07) is 7.75. The predicted molar refractivity (Wildman–Crippen MR) is 99.4 cm³/mol. The summed E-state index contributed by atoms with van der Waals surface area (Å²) in [5, 5.41) is 23.8. The Kier molecular flexibility index (Phi) is 4.91. The maximum Gasteiger partial charge on any atom is 0.279 e. The summed E-state index contributed by atoms with van der Waals surface area (Å²) in [6.07, 6.45) is 3.92. The molecule has 1 unspecified atom stereocenters. The van der Waals surface area contributed by atoms with E-state index in [-0.39, 0.29) is 11.6 Å². The fourth-order valence-electron chi connectivity index (χ4n) is 2.81. The minimum absolute atomic E-state index is 0.248. The van der Waals surface area contributed by atoms with Crippen molar-refractivity contribution in [1.29, 1.82) is 0 Å². The quantitative estimate of drug-likeness (QED) is 0.695. The summed E-state index contributed by atoms with van der Waals surface area (Å²) < 4.78 is 1.69. The van der Waals surface area contributed by atoms with E-state index in [9.17, 15) is 4.79 Å². The number of hydrogen-bond acceptors (Lipinski definition) is 7. The number of nitrogens with zero attached hydrogens (tertiary/aromatic N) is 5. The van der Waals surface area contributed by atoms with Gasteiger partial charge in [0, 0.05) is 11.6 Å². The van der Waals surface area contributed by atoms with Crippen molar-refractivity contribution in [3.63, 3.8) is 0 Å². The first-order valence-corrected chi connectivity index (χ1v) is 9.42. The summed E-state index contributed by atoms with van der Waals surface area (Å²) in [5.41, 5.74) is 1.03. The Morgan fingerprint density at radius 3 is 3.04 bits per heavy atom. The lowest BCUT2D eigenvalue weighted by Gasteiger charge is -2.08. The topological polar surface area (TPSA) is 97.6 Å². The van der Waals surface area contributed by atoms with Crippen molar-refractivity contribution in [1.82, 2.24) is 30.5 Å². The maximum absolute atomic E-state index is 12.3. The number of carbonyl (C=O) groups excluding carboxylic acids is 1.